The SMILES string of the molecule is O=C(OCC[NH+]1CCS(=O)(=O)CC1)C(I)c1ccc([N+](=O)[O-])cc1. The van der Waals surface area contributed by atoms with E-state index in [1.54, 1.807) is 0 Å². The molecule has 1 saturated heterocycles. The van der Waals surface area contributed by atoms with Crippen molar-refractivity contribution in [3.63, 3.8) is 0 Å². The fraction of sp³-hybridized carbons (Fsp3) is 0.500. The first-order valence-electron chi connectivity index (χ1n) is 7.37. The third-order valence-corrected chi connectivity index (χ3v) is 6.72. The number of ether oxygens (including phenoxy) is 1. The number of carbonyl (C=O) groups excluding carboxylic acids is 1. The number of esters is 1. The van der Waals surface area contributed by atoms with Crippen molar-refractivity contribution in [2.45, 2.75) is 3.92 Å². The summed E-state index contributed by atoms with van der Waals surface area (Å²) in [6.07, 6.45) is 0. The molecule has 1 heterocycles. The highest BCUT2D eigenvalue weighted by molar-refractivity contribution is 14.1. The second kappa shape index (κ2) is 8.21. The van der Waals surface area contributed by atoms with Gasteiger partial charge in [0.05, 0.1) is 29.5 Å². The Labute approximate surface area is 153 Å². The topological polar surface area (TPSA) is 108 Å². The molecule has 0 aliphatic carbocycles. The number of nitro benzene ring substituents is 1. The number of alkyl halides is 1. The molecule has 1 unspecified atom stereocenters. The third-order valence-electron chi connectivity index (χ3n) is 3.84. The number of hydrogen-bond donors (Lipinski definition) is 1. The Morgan fingerprint density at radius 3 is 2.42 bits per heavy atom. The normalized spacial score (nSPS) is 18.7. The average Bonchev–Trinajstić information content (AvgIpc) is 2.55. The van der Waals surface area contributed by atoms with Crippen molar-refractivity contribution in [1.29, 1.82) is 0 Å². The summed E-state index contributed by atoms with van der Waals surface area (Å²) in [5, 5.41) is 10.6. The minimum Gasteiger partial charge on any atom is -0.459 e. The van der Waals surface area contributed by atoms with Crippen LogP contribution in [0.25, 0.3) is 0 Å². The highest BCUT2D eigenvalue weighted by atomic mass is 127. The minimum absolute atomic E-state index is 0.0284. The number of nitrogens with zero attached hydrogens (tertiary/aromatic N) is 1. The van der Waals surface area contributed by atoms with Gasteiger partial charge in [0.1, 0.15) is 17.1 Å². The molecule has 1 aromatic rings. The number of benzene rings is 1. The molecule has 0 bridgehead atoms. The second-order valence-electron chi connectivity index (χ2n) is 5.53. The smallest absolute Gasteiger partial charge is 0.323 e. The summed E-state index contributed by atoms with van der Waals surface area (Å²) in [6.45, 7) is 1.87. The van der Waals surface area contributed by atoms with Crippen LogP contribution in [0, 0.1) is 10.1 Å². The summed E-state index contributed by atoms with van der Waals surface area (Å²) in [6, 6.07) is 5.79. The summed E-state index contributed by atoms with van der Waals surface area (Å²) >= 11 is 1.93. The Morgan fingerprint density at radius 1 is 1.29 bits per heavy atom. The van der Waals surface area contributed by atoms with Crippen LogP contribution in [0.1, 0.15) is 9.49 Å². The molecule has 1 aromatic carbocycles. The highest BCUT2D eigenvalue weighted by Crippen LogP contribution is 2.26. The van der Waals surface area contributed by atoms with Crippen LogP contribution in [0.2, 0.25) is 0 Å². The fourth-order valence-electron chi connectivity index (χ4n) is 2.35. The molecule has 24 heavy (non-hydrogen) atoms. The van der Waals surface area contributed by atoms with Gasteiger partial charge in [-0.1, -0.05) is 34.7 Å². The van der Waals surface area contributed by atoms with Gasteiger partial charge in [-0.05, 0) is 5.56 Å². The first kappa shape index (κ1) is 19.1. The Balaban J connectivity index is 1.78. The zero-order valence-electron chi connectivity index (χ0n) is 12.8. The van der Waals surface area contributed by atoms with Crippen molar-refractivity contribution in [3.8, 4) is 0 Å². The molecule has 10 heteroatoms. The standard InChI is InChI=1S/C14H17IN2O6S/c15-13(11-1-3-12(4-2-11)17(19)20)14(18)23-8-5-16-6-9-24(21,22)10-7-16/h1-4,13H,5-10H2/p+1. The number of nitro groups is 1. The van der Waals surface area contributed by atoms with Crippen LogP contribution in [0.15, 0.2) is 24.3 Å². The number of nitrogens with one attached hydrogen (secondary N) is 1. The van der Waals surface area contributed by atoms with Crippen molar-refractivity contribution in [1.82, 2.24) is 0 Å². The maximum Gasteiger partial charge on any atom is 0.323 e. The fourth-order valence-corrected chi connectivity index (χ4v) is 4.35. The maximum absolute atomic E-state index is 12.0. The van der Waals surface area contributed by atoms with E-state index in [-0.39, 0.29) is 23.8 Å². The Bertz CT molecular complexity index is 692. The molecule has 0 spiro atoms. The molecule has 0 amide bonds. The molecule has 1 fully saturated rings. The van der Waals surface area contributed by atoms with Gasteiger partial charge in [0.25, 0.3) is 5.69 Å². The first-order chi connectivity index (χ1) is 11.3. The molecule has 8 nitrogen and oxygen atoms in total. The molecule has 0 saturated carbocycles. The second-order valence-corrected chi connectivity index (χ2v) is 9.08. The summed E-state index contributed by atoms with van der Waals surface area (Å²) in [4.78, 5) is 23.3. The van der Waals surface area contributed by atoms with Crippen LogP contribution in [0.4, 0.5) is 5.69 Å². The van der Waals surface area contributed by atoms with Gasteiger partial charge in [0, 0.05) is 12.1 Å². The predicted octanol–water partition coefficient (Wildman–Crippen LogP) is -0.0726. The molecule has 132 valence electrons. The molecule has 2 rings (SSSR count). The molecule has 0 radical (unpaired) electrons. The van der Waals surface area contributed by atoms with Crippen molar-refractivity contribution in [3.05, 3.63) is 39.9 Å². The van der Waals surface area contributed by atoms with E-state index < -0.39 is 24.7 Å². The maximum atomic E-state index is 12.0. The number of quaternary nitrogens is 1. The van der Waals surface area contributed by atoms with Crippen LogP contribution >= 0.6 is 22.6 Å². The molecular formula is C14H18IN2O6S+. The van der Waals surface area contributed by atoms with Crippen LogP contribution in [0.3, 0.4) is 0 Å². The van der Waals surface area contributed by atoms with Crippen LogP contribution in [0.5, 0.6) is 0 Å². The lowest BCUT2D eigenvalue weighted by Gasteiger charge is -2.23. The van der Waals surface area contributed by atoms with Gasteiger partial charge in [-0.25, -0.2) is 8.42 Å². The minimum atomic E-state index is -2.89. The van der Waals surface area contributed by atoms with Gasteiger partial charge in [-0.15, -0.1) is 0 Å². The largest absolute Gasteiger partial charge is 0.459 e. The summed E-state index contributed by atoms with van der Waals surface area (Å²) in [5.74, 6) is -0.0596. The zero-order chi connectivity index (χ0) is 17.7. The van der Waals surface area contributed by atoms with Crippen LogP contribution < -0.4 is 4.90 Å². The van der Waals surface area contributed by atoms with Crippen molar-refractivity contribution in [2.24, 2.45) is 0 Å². The first-order valence-corrected chi connectivity index (χ1v) is 10.4. The zero-order valence-corrected chi connectivity index (χ0v) is 15.8. The average molecular weight is 469 g/mol. The van der Waals surface area contributed by atoms with E-state index in [0.717, 1.165) is 4.90 Å². The van der Waals surface area contributed by atoms with Gasteiger partial charge in [-0.3, -0.25) is 14.9 Å². The lowest BCUT2D eigenvalue weighted by molar-refractivity contribution is -0.896. The number of halogens is 1. The summed E-state index contributed by atoms with van der Waals surface area (Å²) < 4.78 is 27.4. The van der Waals surface area contributed by atoms with Crippen molar-refractivity contribution in [2.75, 3.05) is 37.7 Å². The number of sulfone groups is 1. The van der Waals surface area contributed by atoms with Gasteiger partial charge in [-0.2, -0.15) is 0 Å². The van der Waals surface area contributed by atoms with E-state index in [0.29, 0.717) is 25.2 Å². The molecular weight excluding hydrogens is 451 g/mol. The van der Waals surface area contributed by atoms with Gasteiger partial charge >= 0.3 is 5.97 Å². The van der Waals surface area contributed by atoms with Gasteiger partial charge < -0.3 is 9.64 Å². The van der Waals surface area contributed by atoms with E-state index >= 15 is 0 Å². The summed E-state index contributed by atoms with van der Waals surface area (Å²) in [7, 11) is -2.89. The van der Waals surface area contributed by atoms with E-state index in [9.17, 15) is 23.3 Å². The predicted molar refractivity (Wildman–Crippen MR) is 95.0 cm³/mol. The summed E-state index contributed by atoms with van der Waals surface area (Å²) in [5.41, 5.74) is 0.613. The van der Waals surface area contributed by atoms with E-state index in [1.807, 2.05) is 22.6 Å². The van der Waals surface area contributed by atoms with Crippen LogP contribution in [-0.2, 0) is 19.4 Å². The number of carbonyl (C=O) groups is 1. The van der Waals surface area contributed by atoms with Crippen molar-refractivity contribution >= 4 is 44.1 Å². The monoisotopic (exact) mass is 469 g/mol. The quantitative estimate of drug-likeness (QED) is 0.206. The molecule has 1 atom stereocenters. The number of rotatable bonds is 6. The lowest BCUT2D eigenvalue weighted by atomic mass is 10.1. The highest BCUT2D eigenvalue weighted by Gasteiger charge is 2.25. The molecule has 1 aliphatic rings. The Morgan fingerprint density at radius 2 is 1.88 bits per heavy atom. The number of hydrogen-bond acceptors (Lipinski definition) is 6. The molecule has 1 aliphatic heterocycles. The lowest BCUT2D eigenvalue weighted by Crippen LogP contribution is -3.14. The Hall–Kier alpha value is -1.27. The Kier molecular flexibility index (Phi) is 6.52. The van der Waals surface area contributed by atoms with E-state index in [4.69, 9.17) is 4.74 Å². The number of non-ortho nitro benzene ring substituents is 1. The van der Waals surface area contributed by atoms with Gasteiger partial charge in [0.15, 0.2) is 9.84 Å². The molecule has 1 N–H and O–H groups in total. The van der Waals surface area contributed by atoms with Crippen LogP contribution in [-0.4, -0.2) is 57.1 Å². The van der Waals surface area contributed by atoms with Crippen molar-refractivity contribution < 1.29 is 27.8 Å². The van der Waals surface area contributed by atoms with E-state index in [1.165, 1.54) is 24.3 Å². The molecule has 0 aromatic heterocycles. The third kappa shape index (κ3) is 5.38. The van der Waals surface area contributed by atoms with E-state index in [2.05, 4.69) is 0 Å². The van der Waals surface area contributed by atoms with Gasteiger partial charge in [0.2, 0.25) is 0 Å².